The van der Waals surface area contributed by atoms with Crippen LogP contribution in [0, 0.1) is 0 Å². The highest BCUT2D eigenvalue weighted by molar-refractivity contribution is 9.10. The minimum Gasteiger partial charge on any atom is -0.468 e. The van der Waals surface area contributed by atoms with Crippen LogP contribution in [0.1, 0.15) is 17.8 Å². The Kier molecular flexibility index (Phi) is 5.28. The molecule has 1 aromatic rings. The zero-order chi connectivity index (χ0) is 11.3. The molecule has 84 valence electrons. The number of carbonyl (C=O) groups is 1. The molecule has 1 heterocycles. The second kappa shape index (κ2) is 6.25. The van der Waals surface area contributed by atoms with Gasteiger partial charge < -0.3 is 10.1 Å². The van der Waals surface area contributed by atoms with Crippen molar-refractivity contribution in [3.05, 3.63) is 22.4 Å². The van der Waals surface area contributed by atoms with Crippen molar-refractivity contribution in [2.45, 2.75) is 17.8 Å². The van der Waals surface area contributed by atoms with Gasteiger partial charge in [0.25, 0.3) is 0 Å². The third kappa shape index (κ3) is 3.93. The maximum absolute atomic E-state index is 11.1. The highest BCUT2D eigenvalue weighted by atomic mass is 79.9. The first-order valence-electron chi connectivity index (χ1n) is 4.64. The van der Waals surface area contributed by atoms with Gasteiger partial charge in [0.1, 0.15) is 4.83 Å². The van der Waals surface area contributed by atoms with Crippen LogP contribution < -0.4 is 5.32 Å². The Bertz CT molecular complexity index is 302. The highest BCUT2D eigenvalue weighted by Gasteiger charge is 2.16. The molecule has 0 aromatic carbocycles. The van der Waals surface area contributed by atoms with Crippen molar-refractivity contribution >= 4 is 33.2 Å². The molecule has 0 saturated carbocycles. The Morgan fingerprint density at radius 1 is 1.73 bits per heavy atom. The molecule has 1 unspecified atom stereocenters. The maximum Gasteiger partial charge on any atom is 0.320 e. The van der Waals surface area contributed by atoms with Crippen molar-refractivity contribution < 1.29 is 9.53 Å². The topological polar surface area (TPSA) is 38.3 Å². The Labute approximate surface area is 102 Å². The largest absolute Gasteiger partial charge is 0.468 e. The van der Waals surface area contributed by atoms with E-state index in [0.717, 1.165) is 0 Å². The van der Waals surface area contributed by atoms with Gasteiger partial charge in [-0.25, -0.2) is 0 Å². The lowest BCUT2D eigenvalue weighted by atomic mass is 10.2. The summed E-state index contributed by atoms with van der Waals surface area (Å²) in [6.45, 7) is 2.63. The number of hydrogen-bond donors (Lipinski definition) is 1. The van der Waals surface area contributed by atoms with Crippen LogP contribution in [0.2, 0.25) is 0 Å². The van der Waals surface area contributed by atoms with Crippen LogP contribution >= 0.6 is 27.3 Å². The van der Waals surface area contributed by atoms with E-state index < -0.39 is 0 Å². The molecule has 3 nitrogen and oxygen atoms in total. The van der Waals surface area contributed by atoms with E-state index in [1.54, 1.807) is 11.3 Å². The second-order valence-electron chi connectivity index (χ2n) is 3.14. The van der Waals surface area contributed by atoms with Crippen molar-refractivity contribution in [3.63, 3.8) is 0 Å². The molecule has 15 heavy (non-hydrogen) atoms. The van der Waals surface area contributed by atoms with Gasteiger partial charge in [0, 0.05) is 17.5 Å². The first kappa shape index (κ1) is 12.7. The number of thiophene rings is 1. The maximum atomic E-state index is 11.1. The zero-order valence-corrected chi connectivity index (χ0v) is 11.1. The fourth-order valence-corrected chi connectivity index (χ4v) is 2.26. The molecule has 0 fully saturated rings. The first-order valence-corrected chi connectivity index (χ1v) is 6.43. The van der Waals surface area contributed by atoms with Crippen LogP contribution in [-0.2, 0) is 9.53 Å². The Morgan fingerprint density at radius 2 is 2.47 bits per heavy atom. The monoisotopic (exact) mass is 291 g/mol. The Balaban J connectivity index is 2.34. The lowest BCUT2D eigenvalue weighted by Gasteiger charge is -2.14. The summed E-state index contributed by atoms with van der Waals surface area (Å²) in [6.07, 6.45) is 0. The molecular weight excluding hydrogens is 278 g/mol. The number of halogens is 1. The average Bonchev–Trinajstić information content (AvgIpc) is 2.77. The van der Waals surface area contributed by atoms with Gasteiger partial charge in [-0.3, -0.25) is 4.79 Å². The van der Waals surface area contributed by atoms with Crippen LogP contribution in [-0.4, -0.2) is 24.5 Å². The summed E-state index contributed by atoms with van der Waals surface area (Å²) in [5.74, 6) is -0.249. The predicted molar refractivity (Wildman–Crippen MR) is 65.5 cm³/mol. The smallest absolute Gasteiger partial charge is 0.320 e. The van der Waals surface area contributed by atoms with Crippen molar-refractivity contribution in [2.24, 2.45) is 0 Å². The van der Waals surface area contributed by atoms with Gasteiger partial charge >= 0.3 is 5.97 Å². The molecule has 0 saturated heterocycles. The van der Waals surface area contributed by atoms with E-state index in [0.29, 0.717) is 6.54 Å². The summed E-state index contributed by atoms with van der Waals surface area (Å²) in [5.41, 5.74) is 0. The molecule has 0 bridgehead atoms. The van der Waals surface area contributed by atoms with Crippen LogP contribution in [0.25, 0.3) is 0 Å². The number of alkyl halides is 1. The summed E-state index contributed by atoms with van der Waals surface area (Å²) in [7, 11) is 1.39. The van der Waals surface area contributed by atoms with Gasteiger partial charge in [-0.05, 0) is 18.4 Å². The number of esters is 1. The molecule has 0 spiro atoms. The summed E-state index contributed by atoms with van der Waals surface area (Å²) in [5, 5.41) is 5.30. The lowest BCUT2D eigenvalue weighted by Crippen LogP contribution is -2.31. The normalized spacial score (nSPS) is 14.6. The standard InChI is InChI=1S/C10H14BrNO2S/c1-7(9-4-3-5-15-9)12-6-8(11)10(13)14-2/h3-5,7-8,12H,6H2,1-2H3/t7-,8?/m0/s1. The SMILES string of the molecule is COC(=O)C(Br)CN[C@@H](C)c1cccs1. The van der Waals surface area contributed by atoms with E-state index in [1.165, 1.54) is 12.0 Å². The van der Waals surface area contributed by atoms with E-state index in [1.807, 2.05) is 11.4 Å². The molecule has 5 heteroatoms. The fraction of sp³-hybridized carbons (Fsp3) is 0.500. The third-order valence-electron chi connectivity index (χ3n) is 2.03. The molecule has 0 amide bonds. The molecule has 0 aliphatic carbocycles. The Hall–Kier alpha value is -0.390. The number of methoxy groups -OCH3 is 1. The summed E-state index contributed by atoms with van der Waals surface area (Å²) in [4.78, 5) is 12.1. The number of carbonyl (C=O) groups excluding carboxylic acids is 1. The van der Waals surface area contributed by atoms with E-state index >= 15 is 0 Å². The number of hydrogen-bond acceptors (Lipinski definition) is 4. The van der Waals surface area contributed by atoms with Crippen LogP contribution in [0.3, 0.4) is 0 Å². The van der Waals surface area contributed by atoms with Crippen molar-refractivity contribution in [1.82, 2.24) is 5.32 Å². The van der Waals surface area contributed by atoms with Gasteiger partial charge in [-0.2, -0.15) is 0 Å². The number of ether oxygens (including phenoxy) is 1. The third-order valence-corrected chi connectivity index (χ3v) is 3.78. The second-order valence-corrected chi connectivity index (χ2v) is 5.22. The lowest BCUT2D eigenvalue weighted by molar-refractivity contribution is -0.139. The van der Waals surface area contributed by atoms with E-state index in [9.17, 15) is 4.79 Å². The number of rotatable bonds is 5. The minimum atomic E-state index is -0.287. The van der Waals surface area contributed by atoms with E-state index in [4.69, 9.17) is 0 Å². The van der Waals surface area contributed by atoms with Crippen molar-refractivity contribution in [2.75, 3.05) is 13.7 Å². The van der Waals surface area contributed by atoms with Crippen LogP contribution in [0.5, 0.6) is 0 Å². The van der Waals surface area contributed by atoms with Crippen LogP contribution in [0.4, 0.5) is 0 Å². The van der Waals surface area contributed by atoms with E-state index in [-0.39, 0.29) is 16.8 Å². The van der Waals surface area contributed by atoms with E-state index in [2.05, 4.69) is 39.0 Å². The zero-order valence-electron chi connectivity index (χ0n) is 8.70. The fourth-order valence-electron chi connectivity index (χ4n) is 1.13. The molecular formula is C10H14BrNO2S. The average molecular weight is 292 g/mol. The van der Waals surface area contributed by atoms with Gasteiger partial charge in [0.2, 0.25) is 0 Å². The van der Waals surface area contributed by atoms with Gasteiger partial charge in [0.15, 0.2) is 0 Å². The first-order chi connectivity index (χ1) is 7.15. The minimum absolute atomic E-state index is 0.249. The molecule has 1 N–H and O–H groups in total. The van der Waals surface area contributed by atoms with Gasteiger partial charge in [0.05, 0.1) is 7.11 Å². The molecule has 1 rings (SSSR count). The molecule has 0 aliphatic heterocycles. The molecule has 0 aliphatic rings. The van der Waals surface area contributed by atoms with Gasteiger partial charge in [-0.1, -0.05) is 22.0 Å². The summed E-state index contributed by atoms with van der Waals surface area (Å²) < 4.78 is 4.61. The quantitative estimate of drug-likeness (QED) is 0.668. The summed E-state index contributed by atoms with van der Waals surface area (Å²) >= 11 is 4.96. The molecule has 1 aromatic heterocycles. The van der Waals surface area contributed by atoms with Crippen molar-refractivity contribution in [3.8, 4) is 0 Å². The van der Waals surface area contributed by atoms with Crippen molar-refractivity contribution in [1.29, 1.82) is 0 Å². The Morgan fingerprint density at radius 3 is 3.00 bits per heavy atom. The predicted octanol–water partition coefficient (Wildman–Crippen LogP) is 2.34. The van der Waals surface area contributed by atoms with Crippen LogP contribution in [0.15, 0.2) is 17.5 Å². The molecule has 0 radical (unpaired) electrons. The highest BCUT2D eigenvalue weighted by Crippen LogP contribution is 2.18. The summed E-state index contributed by atoms with van der Waals surface area (Å²) in [6, 6.07) is 4.35. The number of nitrogens with one attached hydrogen (secondary N) is 1. The molecule has 2 atom stereocenters. The van der Waals surface area contributed by atoms with Gasteiger partial charge in [-0.15, -0.1) is 11.3 Å².